The lowest BCUT2D eigenvalue weighted by molar-refractivity contribution is -0.137. The molecule has 2 amide bonds. The summed E-state index contributed by atoms with van der Waals surface area (Å²) in [7, 11) is 0. The first-order valence-electron chi connectivity index (χ1n) is 7.57. The molecule has 0 bridgehead atoms. The Balaban J connectivity index is 3.08. The van der Waals surface area contributed by atoms with Crippen LogP contribution in [0.3, 0.4) is 0 Å². The average molecular weight is 345 g/mol. The van der Waals surface area contributed by atoms with Gasteiger partial charge in [0.25, 0.3) is 5.91 Å². The van der Waals surface area contributed by atoms with Crippen molar-refractivity contribution in [3.8, 4) is 0 Å². The zero-order chi connectivity index (χ0) is 18.5. The van der Waals surface area contributed by atoms with Crippen molar-refractivity contribution in [2.45, 2.75) is 45.3 Å². The van der Waals surface area contributed by atoms with E-state index in [1.165, 1.54) is 13.0 Å². The van der Waals surface area contributed by atoms with E-state index < -0.39 is 29.1 Å². The van der Waals surface area contributed by atoms with Crippen LogP contribution in [0.25, 0.3) is 0 Å². The minimum atomic E-state index is -4.63. The van der Waals surface area contributed by atoms with Gasteiger partial charge in [-0.25, -0.2) is 0 Å². The fraction of sp³-hybridized carbons (Fsp3) is 0.500. The molecular formula is C16H22F3N3O2. The second kappa shape index (κ2) is 7.65. The van der Waals surface area contributed by atoms with E-state index in [-0.39, 0.29) is 17.8 Å². The van der Waals surface area contributed by atoms with Gasteiger partial charge in [0.1, 0.15) is 0 Å². The number of hydrogen-bond acceptors (Lipinski definition) is 3. The van der Waals surface area contributed by atoms with Crippen LogP contribution >= 0.6 is 0 Å². The summed E-state index contributed by atoms with van der Waals surface area (Å²) in [5.41, 5.74) is 4.16. The third-order valence-electron chi connectivity index (χ3n) is 3.85. The molecule has 0 unspecified atom stereocenters. The van der Waals surface area contributed by atoms with E-state index >= 15 is 0 Å². The number of hydrogen-bond donors (Lipinski definition) is 3. The summed E-state index contributed by atoms with van der Waals surface area (Å²) < 4.78 is 38.9. The van der Waals surface area contributed by atoms with E-state index in [1.807, 2.05) is 13.8 Å². The number of carbonyl (C=O) groups is 2. The highest BCUT2D eigenvalue weighted by Gasteiger charge is 2.32. The molecule has 0 saturated heterocycles. The molecule has 0 heterocycles. The van der Waals surface area contributed by atoms with Gasteiger partial charge in [-0.3, -0.25) is 9.59 Å². The second-order valence-electron chi connectivity index (χ2n) is 5.73. The van der Waals surface area contributed by atoms with Crippen LogP contribution in [0, 0.1) is 0 Å². The minimum Gasteiger partial charge on any atom is -0.350 e. The van der Waals surface area contributed by atoms with Gasteiger partial charge in [-0.1, -0.05) is 13.8 Å². The first kappa shape index (κ1) is 20.0. The molecule has 0 aromatic heterocycles. The summed E-state index contributed by atoms with van der Waals surface area (Å²) in [6.45, 7) is 5.06. The highest BCUT2D eigenvalue weighted by atomic mass is 19.4. The molecule has 0 radical (unpaired) electrons. The summed E-state index contributed by atoms with van der Waals surface area (Å²) in [6, 6.07) is 2.72. The van der Waals surface area contributed by atoms with E-state index in [4.69, 9.17) is 5.73 Å². The standard InChI is InChI=1S/C16H22F3N3O2/c1-4-15(20,5-2)9-21-14(24)11-6-12(16(17,18)19)8-13(7-11)22-10(3)23/h6-8H,4-5,9,20H2,1-3H3,(H,21,24)(H,22,23). The van der Waals surface area contributed by atoms with Crippen molar-refractivity contribution in [3.05, 3.63) is 29.3 Å². The molecule has 1 aromatic carbocycles. The van der Waals surface area contributed by atoms with Crippen LogP contribution in [-0.2, 0) is 11.0 Å². The molecule has 0 atom stereocenters. The fourth-order valence-electron chi connectivity index (χ4n) is 2.06. The van der Waals surface area contributed by atoms with Crippen LogP contribution < -0.4 is 16.4 Å². The van der Waals surface area contributed by atoms with Gasteiger partial charge in [-0.2, -0.15) is 13.2 Å². The average Bonchev–Trinajstić information content (AvgIpc) is 2.50. The van der Waals surface area contributed by atoms with Crippen molar-refractivity contribution < 1.29 is 22.8 Å². The van der Waals surface area contributed by atoms with Crippen LogP contribution in [0.5, 0.6) is 0 Å². The number of anilines is 1. The normalized spacial score (nSPS) is 12.0. The molecular weight excluding hydrogens is 323 g/mol. The van der Waals surface area contributed by atoms with Crippen LogP contribution in [0.4, 0.5) is 18.9 Å². The molecule has 0 aliphatic heterocycles. The van der Waals surface area contributed by atoms with Gasteiger partial charge in [0.15, 0.2) is 0 Å². The molecule has 24 heavy (non-hydrogen) atoms. The Morgan fingerprint density at radius 2 is 1.71 bits per heavy atom. The quantitative estimate of drug-likeness (QED) is 0.741. The molecule has 0 spiro atoms. The first-order valence-corrected chi connectivity index (χ1v) is 7.57. The maximum atomic E-state index is 13.0. The van der Waals surface area contributed by atoms with E-state index in [0.29, 0.717) is 12.8 Å². The van der Waals surface area contributed by atoms with Crippen LogP contribution in [0.1, 0.15) is 49.5 Å². The van der Waals surface area contributed by atoms with Crippen LogP contribution in [-0.4, -0.2) is 23.9 Å². The van der Waals surface area contributed by atoms with Crippen LogP contribution in [0.2, 0.25) is 0 Å². The molecule has 8 heteroatoms. The molecule has 134 valence electrons. The maximum Gasteiger partial charge on any atom is 0.416 e. The Morgan fingerprint density at radius 3 is 2.17 bits per heavy atom. The predicted molar refractivity (Wildman–Crippen MR) is 85.6 cm³/mol. The molecule has 0 fully saturated rings. The SMILES string of the molecule is CCC(N)(CC)CNC(=O)c1cc(NC(C)=O)cc(C(F)(F)F)c1. The largest absolute Gasteiger partial charge is 0.416 e. The zero-order valence-electron chi connectivity index (χ0n) is 13.9. The van der Waals surface area contributed by atoms with E-state index in [9.17, 15) is 22.8 Å². The van der Waals surface area contributed by atoms with Crippen molar-refractivity contribution in [1.82, 2.24) is 5.32 Å². The van der Waals surface area contributed by atoms with Gasteiger partial charge in [0.05, 0.1) is 5.56 Å². The Morgan fingerprint density at radius 1 is 1.12 bits per heavy atom. The molecule has 1 aromatic rings. The summed E-state index contributed by atoms with van der Waals surface area (Å²) in [5.74, 6) is -1.21. The lowest BCUT2D eigenvalue weighted by atomic mass is 9.94. The second-order valence-corrected chi connectivity index (χ2v) is 5.73. The molecule has 0 saturated carbocycles. The monoisotopic (exact) mass is 345 g/mol. The van der Waals surface area contributed by atoms with Gasteiger partial charge in [-0.05, 0) is 31.0 Å². The summed E-state index contributed by atoms with van der Waals surface area (Å²) in [4.78, 5) is 23.3. The van der Waals surface area contributed by atoms with Crippen molar-refractivity contribution in [2.24, 2.45) is 5.73 Å². The van der Waals surface area contributed by atoms with Crippen molar-refractivity contribution in [1.29, 1.82) is 0 Å². The van der Waals surface area contributed by atoms with Crippen LogP contribution in [0.15, 0.2) is 18.2 Å². The smallest absolute Gasteiger partial charge is 0.350 e. The Bertz CT molecular complexity index is 611. The summed E-state index contributed by atoms with van der Waals surface area (Å²) >= 11 is 0. The van der Waals surface area contributed by atoms with E-state index in [0.717, 1.165) is 12.1 Å². The Labute approximate surface area is 138 Å². The van der Waals surface area contributed by atoms with Gasteiger partial charge < -0.3 is 16.4 Å². The third kappa shape index (κ3) is 5.52. The van der Waals surface area contributed by atoms with Gasteiger partial charge in [0, 0.05) is 30.3 Å². The number of alkyl halides is 3. The predicted octanol–water partition coefficient (Wildman–Crippen LogP) is 2.91. The third-order valence-corrected chi connectivity index (χ3v) is 3.85. The first-order chi connectivity index (χ1) is 11.0. The molecule has 4 N–H and O–H groups in total. The van der Waals surface area contributed by atoms with Crippen molar-refractivity contribution in [2.75, 3.05) is 11.9 Å². The van der Waals surface area contributed by atoms with E-state index in [2.05, 4.69) is 10.6 Å². The number of amides is 2. The lowest BCUT2D eigenvalue weighted by Crippen LogP contribution is -2.49. The topological polar surface area (TPSA) is 84.2 Å². The molecule has 5 nitrogen and oxygen atoms in total. The number of halogens is 3. The number of nitrogens with one attached hydrogen (secondary N) is 2. The number of nitrogens with two attached hydrogens (primary N) is 1. The Kier molecular flexibility index (Phi) is 6.36. The number of carbonyl (C=O) groups excluding carboxylic acids is 2. The highest BCUT2D eigenvalue weighted by Crippen LogP contribution is 2.32. The maximum absolute atomic E-state index is 13.0. The minimum absolute atomic E-state index is 0.0903. The summed E-state index contributed by atoms with van der Waals surface area (Å²) in [5, 5.41) is 4.82. The number of rotatable bonds is 6. The van der Waals surface area contributed by atoms with Gasteiger partial charge in [-0.15, -0.1) is 0 Å². The number of benzene rings is 1. The van der Waals surface area contributed by atoms with Crippen molar-refractivity contribution in [3.63, 3.8) is 0 Å². The molecule has 0 aliphatic rings. The highest BCUT2D eigenvalue weighted by molar-refractivity contribution is 5.97. The fourth-order valence-corrected chi connectivity index (χ4v) is 2.06. The van der Waals surface area contributed by atoms with Gasteiger partial charge in [0.2, 0.25) is 5.91 Å². The van der Waals surface area contributed by atoms with Crippen molar-refractivity contribution >= 4 is 17.5 Å². The lowest BCUT2D eigenvalue weighted by Gasteiger charge is -2.26. The molecule has 1 rings (SSSR count). The Hall–Kier alpha value is -2.09. The summed E-state index contributed by atoms with van der Waals surface area (Å²) in [6.07, 6.45) is -3.40. The van der Waals surface area contributed by atoms with Gasteiger partial charge >= 0.3 is 6.18 Å². The van der Waals surface area contributed by atoms with E-state index in [1.54, 1.807) is 0 Å². The zero-order valence-corrected chi connectivity index (χ0v) is 13.9. The molecule has 0 aliphatic carbocycles.